The van der Waals surface area contributed by atoms with Crippen LogP contribution in [0.1, 0.15) is 5.56 Å². The van der Waals surface area contributed by atoms with Gasteiger partial charge >= 0.3 is 5.97 Å². The number of amides is 2. The number of nitrogens with one attached hydrogen (secondary N) is 1. The molecule has 0 bridgehead atoms. The Bertz CT molecular complexity index is 632. The van der Waals surface area contributed by atoms with Crippen LogP contribution in [0.5, 0.6) is 11.5 Å². The molecule has 2 amide bonds. The lowest BCUT2D eigenvalue weighted by Crippen LogP contribution is -2.38. The molecule has 136 valence electrons. The summed E-state index contributed by atoms with van der Waals surface area (Å²) in [4.78, 5) is 35.8. The Morgan fingerprint density at radius 2 is 1.68 bits per heavy atom. The van der Waals surface area contributed by atoms with Gasteiger partial charge in [0.2, 0.25) is 5.91 Å². The molecular formula is C17H22N2O6. The quantitative estimate of drug-likeness (QED) is 0.541. The second-order valence-corrected chi connectivity index (χ2v) is 5.15. The molecule has 0 atom stereocenters. The zero-order chi connectivity index (χ0) is 18.8. The Kier molecular flexibility index (Phi) is 7.98. The summed E-state index contributed by atoms with van der Waals surface area (Å²) >= 11 is 0. The minimum atomic E-state index is -0.684. The second kappa shape index (κ2) is 9.96. The Hall–Kier alpha value is -3.03. The lowest BCUT2D eigenvalue weighted by molar-refractivity contribution is -0.144. The molecule has 0 aromatic heterocycles. The molecule has 0 aliphatic carbocycles. The number of ether oxygens (including phenoxy) is 3. The number of carbonyl (C=O) groups excluding carboxylic acids is 3. The number of hydrogen-bond acceptors (Lipinski definition) is 6. The maximum Gasteiger partial charge on any atom is 0.331 e. The summed E-state index contributed by atoms with van der Waals surface area (Å²) in [5, 5.41) is 2.36. The summed E-state index contributed by atoms with van der Waals surface area (Å²) in [6.45, 7) is -0.617. The fourth-order valence-corrected chi connectivity index (χ4v) is 1.66. The molecule has 25 heavy (non-hydrogen) atoms. The van der Waals surface area contributed by atoms with Crippen LogP contribution in [-0.4, -0.2) is 64.2 Å². The summed E-state index contributed by atoms with van der Waals surface area (Å²) in [5.74, 6) is -0.336. The lowest BCUT2D eigenvalue weighted by atomic mass is 10.2. The topological polar surface area (TPSA) is 94.2 Å². The fourth-order valence-electron chi connectivity index (χ4n) is 1.66. The highest BCUT2D eigenvalue weighted by Gasteiger charge is 2.09. The van der Waals surface area contributed by atoms with Crippen molar-refractivity contribution < 1.29 is 28.6 Å². The summed E-state index contributed by atoms with van der Waals surface area (Å²) in [5.41, 5.74) is 0.675. The third-order valence-corrected chi connectivity index (χ3v) is 3.07. The molecule has 0 saturated carbocycles. The van der Waals surface area contributed by atoms with Gasteiger partial charge in [-0.2, -0.15) is 0 Å². The van der Waals surface area contributed by atoms with E-state index in [0.29, 0.717) is 17.1 Å². The van der Waals surface area contributed by atoms with Crippen molar-refractivity contribution in [3.63, 3.8) is 0 Å². The largest absolute Gasteiger partial charge is 0.497 e. The van der Waals surface area contributed by atoms with Crippen LogP contribution >= 0.6 is 0 Å². The molecule has 8 heteroatoms. The van der Waals surface area contributed by atoms with Crippen LogP contribution in [0.3, 0.4) is 0 Å². The molecule has 1 N–H and O–H groups in total. The van der Waals surface area contributed by atoms with Crippen LogP contribution in [0.2, 0.25) is 0 Å². The molecule has 0 aliphatic rings. The first-order valence-corrected chi connectivity index (χ1v) is 7.40. The first-order chi connectivity index (χ1) is 11.8. The maximum atomic E-state index is 11.6. The number of benzene rings is 1. The van der Waals surface area contributed by atoms with Gasteiger partial charge in [0.05, 0.1) is 20.8 Å². The van der Waals surface area contributed by atoms with Crippen molar-refractivity contribution in [2.45, 2.75) is 0 Å². The van der Waals surface area contributed by atoms with E-state index in [1.54, 1.807) is 32.3 Å². The zero-order valence-electron chi connectivity index (χ0n) is 14.7. The zero-order valence-corrected chi connectivity index (χ0v) is 14.7. The highest BCUT2D eigenvalue weighted by Crippen LogP contribution is 2.23. The molecule has 1 aromatic rings. The number of hydrogen-bond donors (Lipinski definition) is 1. The average Bonchev–Trinajstić information content (AvgIpc) is 2.61. The van der Waals surface area contributed by atoms with Gasteiger partial charge in [-0.15, -0.1) is 0 Å². The molecule has 0 fully saturated rings. The maximum absolute atomic E-state index is 11.6. The number of rotatable bonds is 8. The third-order valence-electron chi connectivity index (χ3n) is 3.07. The molecule has 0 unspecified atom stereocenters. The minimum absolute atomic E-state index is 0.150. The van der Waals surface area contributed by atoms with Crippen molar-refractivity contribution >= 4 is 23.9 Å². The van der Waals surface area contributed by atoms with Crippen LogP contribution in [0.15, 0.2) is 24.3 Å². The molecule has 0 saturated heterocycles. The predicted octanol–water partition coefficient (Wildman–Crippen LogP) is 0.465. The molecule has 0 heterocycles. The number of esters is 1. The third kappa shape index (κ3) is 7.38. The van der Waals surface area contributed by atoms with E-state index in [2.05, 4.69) is 5.32 Å². The van der Waals surface area contributed by atoms with Crippen molar-refractivity contribution in [2.75, 3.05) is 41.5 Å². The van der Waals surface area contributed by atoms with Crippen molar-refractivity contribution in [2.24, 2.45) is 0 Å². The number of methoxy groups -OCH3 is 2. The van der Waals surface area contributed by atoms with Crippen molar-refractivity contribution in [1.29, 1.82) is 0 Å². The predicted molar refractivity (Wildman–Crippen MR) is 91.2 cm³/mol. The van der Waals surface area contributed by atoms with Crippen LogP contribution in [0, 0.1) is 0 Å². The first-order valence-electron chi connectivity index (χ1n) is 7.40. The Balaban J connectivity index is 2.50. The van der Waals surface area contributed by atoms with Crippen LogP contribution < -0.4 is 14.8 Å². The van der Waals surface area contributed by atoms with Gasteiger partial charge in [0.15, 0.2) is 6.61 Å². The number of nitrogens with zero attached hydrogens (tertiary/aromatic N) is 1. The summed E-state index contributed by atoms with van der Waals surface area (Å²) in [7, 11) is 6.20. The summed E-state index contributed by atoms with van der Waals surface area (Å²) in [6.07, 6.45) is 2.70. The van der Waals surface area contributed by atoms with Crippen molar-refractivity contribution in [3.05, 3.63) is 29.8 Å². The molecule has 0 spiro atoms. The van der Waals surface area contributed by atoms with Crippen molar-refractivity contribution in [3.8, 4) is 11.5 Å². The van der Waals surface area contributed by atoms with Gasteiger partial charge in [0, 0.05) is 26.2 Å². The van der Waals surface area contributed by atoms with Crippen LogP contribution in [-0.2, 0) is 19.1 Å². The van der Waals surface area contributed by atoms with E-state index >= 15 is 0 Å². The van der Waals surface area contributed by atoms with E-state index in [1.807, 2.05) is 0 Å². The SMILES string of the molecule is COc1cc(/C=C/C(=O)OCC(=O)NCC(=O)N(C)C)cc(OC)c1. The van der Waals surface area contributed by atoms with Crippen LogP contribution in [0.25, 0.3) is 6.08 Å². The summed E-state index contributed by atoms with van der Waals surface area (Å²) < 4.78 is 15.1. The van der Waals surface area contributed by atoms with Gasteiger partial charge in [-0.3, -0.25) is 9.59 Å². The van der Waals surface area contributed by atoms with Gasteiger partial charge in [-0.25, -0.2) is 4.79 Å². The number of carbonyl (C=O) groups is 3. The van der Waals surface area contributed by atoms with E-state index in [-0.39, 0.29) is 12.5 Å². The standard InChI is InChI=1S/C17H22N2O6/c1-19(2)16(21)10-18-15(20)11-25-17(22)6-5-12-7-13(23-3)9-14(8-12)24-4/h5-9H,10-11H2,1-4H3,(H,18,20)/b6-5+. The van der Waals surface area contributed by atoms with Gasteiger partial charge in [-0.1, -0.05) is 0 Å². The van der Waals surface area contributed by atoms with E-state index in [4.69, 9.17) is 14.2 Å². The average molecular weight is 350 g/mol. The van der Waals surface area contributed by atoms with Crippen molar-refractivity contribution in [1.82, 2.24) is 10.2 Å². The Labute approximate surface area is 146 Å². The molecule has 1 rings (SSSR count). The fraction of sp³-hybridized carbons (Fsp3) is 0.353. The van der Waals surface area contributed by atoms with Gasteiger partial charge in [0.25, 0.3) is 5.91 Å². The lowest BCUT2D eigenvalue weighted by Gasteiger charge is -2.10. The molecule has 0 aliphatic heterocycles. The molecular weight excluding hydrogens is 328 g/mol. The molecule has 1 aromatic carbocycles. The number of likely N-dealkylation sites (N-methyl/N-ethyl adjacent to an activating group) is 1. The summed E-state index contributed by atoms with van der Waals surface area (Å²) in [6, 6.07) is 5.13. The Morgan fingerprint density at radius 1 is 1.08 bits per heavy atom. The second-order valence-electron chi connectivity index (χ2n) is 5.15. The van der Waals surface area contributed by atoms with E-state index < -0.39 is 18.5 Å². The normalized spacial score (nSPS) is 10.2. The first kappa shape index (κ1) is 20.0. The van der Waals surface area contributed by atoms with E-state index in [1.165, 1.54) is 31.3 Å². The van der Waals surface area contributed by atoms with E-state index in [9.17, 15) is 14.4 Å². The highest BCUT2D eigenvalue weighted by molar-refractivity contribution is 5.90. The Morgan fingerprint density at radius 3 is 2.20 bits per heavy atom. The monoisotopic (exact) mass is 350 g/mol. The van der Waals surface area contributed by atoms with Gasteiger partial charge in [-0.05, 0) is 23.8 Å². The smallest absolute Gasteiger partial charge is 0.331 e. The van der Waals surface area contributed by atoms with Gasteiger partial charge < -0.3 is 24.4 Å². The van der Waals surface area contributed by atoms with Crippen LogP contribution in [0.4, 0.5) is 0 Å². The molecule has 8 nitrogen and oxygen atoms in total. The molecule has 0 radical (unpaired) electrons. The minimum Gasteiger partial charge on any atom is -0.497 e. The van der Waals surface area contributed by atoms with E-state index in [0.717, 1.165) is 0 Å². The highest BCUT2D eigenvalue weighted by atomic mass is 16.5. The van der Waals surface area contributed by atoms with Gasteiger partial charge in [0.1, 0.15) is 11.5 Å².